The summed E-state index contributed by atoms with van der Waals surface area (Å²) >= 11 is 0. The number of hydrogen-bond donors (Lipinski definition) is 0. The van der Waals surface area contributed by atoms with Gasteiger partial charge in [0.2, 0.25) is 0 Å². The molecule has 1 saturated heterocycles. The van der Waals surface area contributed by atoms with Crippen LogP contribution in [0.3, 0.4) is 0 Å². The maximum Gasteiger partial charge on any atom is 0.0466 e. The zero-order valence-electron chi connectivity index (χ0n) is 4.94. The van der Waals surface area contributed by atoms with Crippen LogP contribution in [0.1, 0.15) is 12.8 Å². The second-order valence-corrected chi connectivity index (χ2v) is 1.32. The standard InChI is InChI=1S/C4H8O.CH3.Zn/c1-2-4-5-3-1;;/h1-4H2;1H3;/q;-1;. The third kappa shape index (κ3) is 4.44. The molecule has 0 saturated carbocycles. The van der Waals surface area contributed by atoms with Gasteiger partial charge in [0.05, 0.1) is 0 Å². The van der Waals surface area contributed by atoms with Crippen molar-refractivity contribution in [2.24, 2.45) is 0 Å². The first-order chi connectivity index (χ1) is 2.50. The van der Waals surface area contributed by atoms with Crippen LogP contribution in [-0.2, 0) is 24.2 Å². The molecule has 0 aromatic heterocycles. The molecule has 1 rings (SSSR count). The Kier molecular flexibility index (Phi) is 9.92. The predicted molar refractivity (Wildman–Crippen MR) is 26.5 cm³/mol. The second-order valence-electron chi connectivity index (χ2n) is 1.32. The van der Waals surface area contributed by atoms with E-state index in [2.05, 4.69) is 0 Å². The first-order valence-corrected chi connectivity index (χ1v) is 2.08. The van der Waals surface area contributed by atoms with Crippen molar-refractivity contribution in [1.82, 2.24) is 0 Å². The first kappa shape index (κ1) is 10.5. The summed E-state index contributed by atoms with van der Waals surface area (Å²) in [6, 6.07) is 0. The van der Waals surface area contributed by atoms with Crippen molar-refractivity contribution in [3.63, 3.8) is 0 Å². The van der Waals surface area contributed by atoms with Crippen LogP contribution in [0.25, 0.3) is 0 Å². The van der Waals surface area contributed by atoms with Crippen molar-refractivity contribution in [3.8, 4) is 0 Å². The topological polar surface area (TPSA) is 9.23 Å². The number of ether oxygens (including phenoxy) is 1. The van der Waals surface area contributed by atoms with E-state index in [9.17, 15) is 0 Å². The van der Waals surface area contributed by atoms with E-state index in [-0.39, 0.29) is 26.9 Å². The molecule has 0 amide bonds. The van der Waals surface area contributed by atoms with Crippen molar-refractivity contribution < 1.29 is 24.2 Å². The molecule has 0 unspecified atom stereocenters. The zero-order chi connectivity index (χ0) is 3.54. The Morgan fingerprint density at radius 3 is 1.57 bits per heavy atom. The van der Waals surface area contributed by atoms with E-state index in [0.717, 1.165) is 13.2 Å². The minimum absolute atomic E-state index is 0. The van der Waals surface area contributed by atoms with Gasteiger partial charge in [-0.1, -0.05) is 0 Å². The van der Waals surface area contributed by atoms with E-state index < -0.39 is 0 Å². The van der Waals surface area contributed by atoms with Crippen LogP contribution in [0.15, 0.2) is 0 Å². The van der Waals surface area contributed by atoms with Gasteiger partial charge in [-0.2, -0.15) is 0 Å². The van der Waals surface area contributed by atoms with Gasteiger partial charge in [0.25, 0.3) is 0 Å². The monoisotopic (exact) mass is 151 g/mol. The molecule has 1 aliphatic rings. The fourth-order valence-corrected chi connectivity index (χ4v) is 0.510. The Labute approximate surface area is 58.2 Å². The molecular weight excluding hydrogens is 141 g/mol. The molecule has 2 heteroatoms. The van der Waals surface area contributed by atoms with Gasteiger partial charge < -0.3 is 12.2 Å². The van der Waals surface area contributed by atoms with Gasteiger partial charge in [0.15, 0.2) is 0 Å². The Morgan fingerprint density at radius 2 is 1.43 bits per heavy atom. The fourth-order valence-electron chi connectivity index (χ4n) is 0.510. The molecule has 1 nitrogen and oxygen atoms in total. The summed E-state index contributed by atoms with van der Waals surface area (Å²) in [6.07, 6.45) is 2.56. The average Bonchev–Trinajstić information content (AvgIpc) is 1.76. The van der Waals surface area contributed by atoms with E-state index in [4.69, 9.17) is 4.74 Å². The molecule has 7 heavy (non-hydrogen) atoms. The Morgan fingerprint density at radius 1 is 1.00 bits per heavy atom. The van der Waals surface area contributed by atoms with E-state index in [1.807, 2.05) is 0 Å². The fraction of sp³-hybridized carbons (Fsp3) is 0.800. The van der Waals surface area contributed by atoms with Crippen LogP contribution in [-0.4, -0.2) is 13.2 Å². The summed E-state index contributed by atoms with van der Waals surface area (Å²) in [6.45, 7) is 2.00. The van der Waals surface area contributed by atoms with Gasteiger partial charge in [-0.25, -0.2) is 0 Å². The Hall–Kier alpha value is 0.583. The molecule has 0 atom stereocenters. The predicted octanol–water partition coefficient (Wildman–Crippen LogP) is 1.24. The largest absolute Gasteiger partial charge is 0.381 e. The Bertz CT molecular complexity index is 19.7. The van der Waals surface area contributed by atoms with Gasteiger partial charge in [0, 0.05) is 32.7 Å². The van der Waals surface area contributed by atoms with Gasteiger partial charge >= 0.3 is 0 Å². The van der Waals surface area contributed by atoms with E-state index in [1.54, 1.807) is 0 Å². The minimum Gasteiger partial charge on any atom is -0.381 e. The third-order valence-corrected chi connectivity index (χ3v) is 0.827. The van der Waals surface area contributed by atoms with Crippen LogP contribution < -0.4 is 0 Å². The summed E-state index contributed by atoms with van der Waals surface area (Å²) in [5.74, 6) is 0. The van der Waals surface area contributed by atoms with Crippen molar-refractivity contribution in [2.45, 2.75) is 12.8 Å². The van der Waals surface area contributed by atoms with Crippen molar-refractivity contribution in [3.05, 3.63) is 7.43 Å². The van der Waals surface area contributed by atoms with Crippen LogP contribution in [0.2, 0.25) is 0 Å². The van der Waals surface area contributed by atoms with Crippen molar-refractivity contribution in [1.29, 1.82) is 0 Å². The molecule has 0 aromatic carbocycles. The smallest absolute Gasteiger partial charge is 0.0466 e. The quantitative estimate of drug-likeness (QED) is 0.375. The molecule has 0 aromatic rings. The molecule has 0 radical (unpaired) electrons. The van der Waals surface area contributed by atoms with Crippen molar-refractivity contribution in [2.75, 3.05) is 13.2 Å². The molecule has 40 valence electrons. The molecule has 0 aliphatic carbocycles. The average molecular weight is 153 g/mol. The molecule has 1 fully saturated rings. The summed E-state index contributed by atoms with van der Waals surface area (Å²) < 4.78 is 4.94. The van der Waals surface area contributed by atoms with Crippen LogP contribution >= 0.6 is 0 Å². The zero-order valence-corrected chi connectivity index (χ0v) is 7.91. The van der Waals surface area contributed by atoms with E-state index in [0.29, 0.717) is 0 Å². The third-order valence-electron chi connectivity index (χ3n) is 0.827. The summed E-state index contributed by atoms with van der Waals surface area (Å²) in [5.41, 5.74) is 0. The summed E-state index contributed by atoms with van der Waals surface area (Å²) in [4.78, 5) is 0. The molecular formula is C5H11OZn-. The normalized spacial score (nSPS) is 17.1. The summed E-state index contributed by atoms with van der Waals surface area (Å²) in [5, 5.41) is 0. The molecule has 0 spiro atoms. The first-order valence-electron chi connectivity index (χ1n) is 2.08. The molecule has 1 aliphatic heterocycles. The minimum atomic E-state index is 0. The summed E-state index contributed by atoms with van der Waals surface area (Å²) in [7, 11) is 0. The molecule has 0 N–H and O–H groups in total. The van der Waals surface area contributed by atoms with Gasteiger partial charge in [-0.05, 0) is 12.8 Å². The van der Waals surface area contributed by atoms with Gasteiger partial charge in [0.1, 0.15) is 0 Å². The van der Waals surface area contributed by atoms with Crippen molar-refractivity contribution >= 4 is 0 Å². The SMILES string of the molecule is C1CCOC1.[CH3-].[Zn]. The maximum absolute atomic E-state index is 4.94. The molecule has 0 bridgehead atoms. The molecule has 1 heterocycles. The second kappa shape index (κ2) is 6.58. The van der Waals surface area contributed by atoms with E-state index in [1.165, 1.54) is 12.8 Å². The van der Waals surface area contributed by atoms with Gasteiger partial charge in [-0.3, -0.25) is 0 Å². The van der Waals surface area contributed by atoms with Gasteiger partial charge in [-0.15, -0.1) is 0 Å². The maximum atomic E-state index is 4.94. The van der Waals surface area contributed by atoms with Crippen LogP contribution in [0.4, 0.5) is 0 Å². The van der Waals surface area contributed by atoms with E-state index >= 15 is 0 Å². The van der Waals surface area contributed by atoms with Crippen LogP contribution in [0, 0.1) is 7.43 Å². The Balaban J connectivity index is 0. The van der Waals surface area contributed by atoms with Crippen LogP contribution in [0.5, 0.6) is 0 Å². The number of hydrogen-bond acceptors (Lipinski definition) is 1. The number of rotatable bonds is 0.